The van der Waals surface area contributed by atoms with Crippen LogP contribution in [-0.4, -0.2) is 81.9 Å². The second-order valence-corrected chi connectivity index (χ2v) is 5.15. The van der Waals surface area contributed by atoms with Crippen molar-refractivity contribution in [2.45, 2.75) is 11.5 Å². The zero-order chi connectivity index (χ0) is 12.0. The first-order valence-corrected chi connectivity index (χ1v) is 6.17. The predicted octanol–water partition coefficient (Wildman–Crippen LogP) is 0.503. The van der Waals surface area contributed by atoms with Crippen LogP contribution in [0.1, 0.15) is 0 Å². The van der Waals surface area contributed by atoms with Crippen LogP contribution >= 0.6 is 11.6 Å². The molecule has 0 N–H and O–H groups in total. The van der Waals surface area contributed by atoms with Gasteiger partial charge < -0.3 is 19.3 Å². The molecule has 1 aliphatic rings. The Morgan fingerprint density at radius 2 is 2.38 bits per heavy atom. The minimum Gasteiger partial charge on any atom is -0.383 e. The van der Waals surface area contributed by atoms with Crippen LogP contribution in [0, 0.1) is 0 Å². The maximum Gasteiger partial charge on any atom is 0.0829 e. The van der Waals surface area contributed by atoms with Gasteiger partial charge in [-0.3, -0.25) is 0 Å². The van der Waals surface area contributed by atoms with Gasteiger partial charge in [0.1, 0.15) is 0 Å². The van der Waals surface area contributed by atoms with Gasteiger partial charge in [-0.15, -0.1) is 11.6 Å². The Morgan fingerprint density at radius 3 is 3.00 bits per heavy atom. The summed E-state index contributed by atoms with van der Waals surface area (Å²) >= 11 is 6.10. The molecule has 0 amide bonds. The SMILES string of the molecule is COCC(Cl)CN(C)CC1CN(C)CCO1. The normalized spacial score (nSPS) is 24.9. The molecule has 0 aromatic rings. The first-order chi connectivity index (χ1) is 7.61. The molecule has 0 bridgehead atoms. The molecule has 1 rings (SSSR count). The lowest BCUT2D eigenvalue weighted by molar-refractivity contribution is -0.0328. The molecule has 0 saturated carbocycles. The minimum absolute atomic E-state index is 0.0521. The maximum absolute atomic E-state index is 6.10. The number of halogens is 1. The van der Waals surface area contributed by atoms with Gasteiger partial charge in [0.2, 0.25) is 0 Å². The van der Waals surface area contributed by atoms with E-state index >= 15 is 0 Å². The number of hydrogen-bond acceptors (Lipinski definition) is 4. The topological polar surface area (TPSA) is 24.9 Å². The summed E-state index contributed by atoms with van der Waals surface area (Å²) in [6.45, 7) is 5.22. The molecule has 1 fully saturated rings. The van der Waals surface area contributed by atoms with Crippen molar-refractivity contribution in [2.75, 3.05) is 60.6 Å². The molecule has 1 aliphatic heterocycles. The highest BCUT2D eigenvalue weighted by molar-refractivity contribution is 6.20. The monoisotopic (exact) mass is 250 g/mol. The van der Waals surface area contributed by atoms with E-state index in [2.05, 4.69) is 23.9 Å². The Morgan fingerprint density at radius 1 is 1.62 bits per heavy atom. The molecule has 96 valence electrons. The van der Waals surface area contributed by atoms with Crippen LogP contribution in [0.2, 0.25) is 0 Å². The molecule has 2 unspecified atom stereocenters. The van der Waals surface area contributed by atoms with Crippen LogP contribution in [0.4, 0.5) is 0 Å². The molecule has 1 heterocycles. The van der Waals surface area contributed by atoms with Crippen molar-refractivity contribution in [1.82, 2.24) is 9.80 Å². The van der Waals surface area contributed by atoms with Crippen molar-refractivity contribution >= 4 is 11.6 Å². The van der Waals surface area contributed by atoms with Gasteiger partial charge in [-0.1, -0.05) is 0 Å². The highest BCUT2D eigenvalue weighted by atomic mass is 35.5. The summed E-state index contributed by atoms with van der Waals surface area (Å²) in [6, 6.07) is 0. The quantitative estimate of drug-likeness (QED) is 0.641. The van der Waals surface area contributed by atoms with Crippen LogP contribution in [-0.2, 0) is 9.47 Å². The number of rotatable bonds is 6. The molecule has 0 spiro atoms. The van der Waals surface area contributed by atoms with Crippen molar-refractivity contribution < 1.29 is 9.47 Å². The van der Waals surface area contributed by atoms with E-state index in [-0.39, 0.29) is 5.38 Å². The van der Waals surface area contributed by atoms with E-state index in [0.29, 0.717) is 12.7 Å². The average molecular weight is 251 g/mol. The molecule has 0 aromatic heterocycles. The summed E-state index contributed by atoms with van der Waals surface area (Å²) in [7, 11) is 5.88. The van der Waals surface area contributed by atoms with Crippen LogP contribution < -0.4 is 0 Å². The molecule has 2 atom stereocenters. The Hall–Kier alpha value is 0.130. The largest absolute Gasteiger partial charge is 0.383 e. The van der Waals surface area contributed by atoms with Crippen molar-refractivity contribution in [3.05, 3.63) is 0 Å². The van der Waals surface area contributed by atoms with Gasteiger partial charge in [0.25, 0.3) is 0 Å². The van der Waals surface area contributed by atoms with Gasteiger partial charge in [0.15, 0.2) is 0 Å². The summed E-state index contributed by atoms with van der Waals surface area (Å²) in [5, 5.41) is 0.0521. The van der Waals surface area contributed by atoms with Crippen LogP contribution in [0.5, 0.6) is 0 Å². The van der Waals surface area contributed by atoms with E-state index < -0.39 is 0 Å². The number of morpholine rings is 1. The summed E-state index contributed by atoms with van der Waals surface area (Å²) in [6.07, 6.45) is 0.301. The summed E-state index contributed by atoms with van der Waals surface area (Å²) in [5.41, 5.74) is 0. The lowest BCUT2D eigenvalue weighted by Gasteiger charge is -2.33. The fourth-order valence-electron chi connectivity index (χ4n) is 1.97. The molecular formula is C11H23ClN2O2. The standard InChI is InChI=1S/C11H23ClN2O2/c1-13-4-5-16-11(7-13)8-14(2)6-10(12)9-15-3/h10-11H,4-9H2,1-3H3. The second-order valence-electron chi connectivity index (χ2n) is 4.53. The lowest BCUT2D eigenvalue weighted by atomic mass is 10.2. The number of hydrogen-bond donors (Lipinski definition) is 0. The summed E-state index contributed by atoms with van der Waals surface area (Å²) < 4.78 is 10.7. The van der Waals surface area contributed by atoms with Gasteiger partial charge in [0, 0.05) is 33.3 Å². The maximum atomic E-state index is 6.10. The number of alkyl halides is 1. The first-order valence-electron chi connectivity index (χ1n) is 5.73. The second kappa shape index (κ2) is 7.45. The predicted molar refractivity (Wildman–Crippen MR) is 66.3 cm³/mol. The third kappa shape index (κ3) is 5.46. The van der Waals surface area contributed by atoms with E-state index in [1.165, 1.54) is 0 Å². The van der Waals surface area contributed by atoms with Gasteiger partial charge in [-0.25, -0.2) is 0 Å². The van der Waals surface area contributed by atoms with E-state index in [1.807, 2.05) is 0 Å². The Bertz CT molecular complexity index is 195. The first kappa shape index (κ1) is 14.2. The highest BCUT2D eigenvalue weighted by Gasteiger charge is 2.20. The third-order valence-corrected chi connectivity index (χ3v) is 2.98. The molecule has 0 aliphatic carbocycles. The molecule has 1 saturated heterocycles. The fourth-order valence-corrected chi connectivity index (χ4v) is 2.33. The summed E-state index contributed by atoms with van der Waals surface area (Å²) in [4.78, 5) is 4.51. The lowest BCUT2D eigenvalue weighted by Crippen LogP contribution is -2.46. The van der Waals surface area contributed by atoms with Crippen molar-refractivity contribution in [1.29, 1.82) is 0 Å². The molecule has 0 radical (unpaired) electrons. The zero-order valence-electron chi connectivity index (χ0n) is 10.5. The van der Waals surface area contributed by atoms with Crippen LogP contribution in [0.3, 0.4) is 0 Å². The van der Waals surface area contributed by atoms with Crippen molar-refractivity contribution in [3.63, 3.8) is 0 Å². The number of ether oxygens (including phenoxy) is 2. The average Bonchev–Trinajstić information content (AvgIpc) is 2.17. The number of methoxy groups -OCH3 is 1. The highest BCUT2D eigenvalue weighted by Crippen LogP contribution is 2.06. The van der Waals surface area contributed by atoms with Crippen molar-refractivity contribution in [2.24, 2.45) is 0 Å². The minimum atomic E-state index is 0.0521. The zero-order valence-corrected chi connectivity index (χ0v) is 11.2. The number of nitrogens with zero attached hydrogens (tertiary/aromatic N) is 2. The molecule has 5 heteroatoms. The van der Waals surface area contributed by atoms with Gasteiger partial charge in [-0.2, -0.15) is 0 Å². The molecule has 4 nitrogen and oxygen atoms in total. The van der Waals surface area contributed by atoms with Crippen molar-refractivity contribution in [3.8, 4) is 0 Å². The molecule has 0 aromatic carbocycles. The molecular weight excluding hydrogens is 228 g/mol. The fraction of sp³-hybridized carbons (Fsp3) is 1.00. The Labute approximate surface area is 103 Å². The van der Waals surface area contributed by atoms with E-state index in [4.69, 9.17) is 21.1 Å². The molecule has 16 heavy (non-hydrogen) atoms. The van der Waals surface area contributed by atoms with E-state index in [9.17, 15) is 0 Å². The van der Waals surface area contributed by atoms with E-state index in [1.54, 1.807) is 7.11 Å². The smallest absolute Gasteiger partial charge is 0.0829 e. The Balaban J connectivity index is 2.19. The van der Waals surface area contributed by atoms with Gasteiger partial charge in [-0.05, 0) is 14.1 Å². The third-order valence-electron chi connectivity index (χ3n) is 2.71. The van der Waals surface area contributed by atoms with Gasteiger partial charge >= 0.3 is 0 Å². The summed E-state index contributed by atoms with van der Waals surface area (Å²) in [5.74, 6) is 0. The number of likely N-dealkylation sites (N-methyl/N-ethyl adjacent to an activating group) is 2. The van der Waals surface area contributed by atoms with Crippen LogP contribution in [0.25, 0.3) is 0 Å². The van der Waals surface area contributed by atoms with Crippen LogP contribution in [0.15, 0.2) is 0 Å². The van der Waals surface area contributed by atoms with Gasteiger partial charge in [0.05, 0.1) is 24.7 Å². The van der Waals surface area contributed by atoms with E-state index in [0.717, 1.165) is 32.8 Å². The Kier molecular flexibility index (Phi) is 6.61.